The number of carbonyl (C=O) groups excluding carboxylic acids is 2. The number of aromatic amines is 1. The number of ether oxygens (including phenoxy) is 1. The van der Waals surface area contributed by atoms with Crippen LogP contribution in [-0.4, -0.2) is 46.5 Å². The number of carbonyl (C=O) groups is 2. The highest BCUT2D eigenvalue weighted by molar-refractivity contribution is 5.78. The van der Waals surface area contributed by atoms with E-state index < -0.39 is 0 Å². The van der Waals surface area contributed by atoms with E-state index in [1.54, 1.807) is 9.47 Å². The molecule has 122 valence electrons. The second-order valence-corrected chi connectivity index (χ2v) is 5.74. The van der Waals surface area contributed by atoms with E-state index >= 15 is 0 Å². The van der Waals surface area contributed by atoms with Crippen LogP contribution in [0.1, 0.15) is 30.7 Å². The highest BCUT2D eigenvalue weighted by atomic mass is 16.5. The summed E-state index contributed by atoms with van der Waals surface area (Å²) in [6.45, 7) is 5.11. The Labute approximate surface area is 129 Å². The van der Waals surface area contributed by atoms with Gasteiger partial charge >= 0.3 is 11.7 Å². The van der Waals surface area contributed by atoms with E-state index in [1.807, 2.05) is 13.8 Å². The van der Waals surface area contributed by atoms with Gasteiger partial charge in [-0.25, -0.2) is 4.79 Å². The molecule has 1 N–H and O–H groups in total. The molecular formula is C15H23N3O4. The van der Waals surface area contributed by atoms with E-state index in [0.29, 0.717) is 19.6 Å². The molecule has 0 spiro atoms. The lowest BCUT2D eigenvalue weighted by Gasteiger charge is -2.31. The fourth-order valence-corrected chi connectivity index (χ4v) is 2.87. The molecule has 22 heavy (non-hydrogen) atoms. The Morgan fingerprint density at radius 2 is 2.09 bits per heavy atom. The maximum atomic E-state index is 12.3. The van der Waals surface area contributed by atoms with Gasteiger partial charge in [-0.2, -0.15) is 0 Å². The largest absolute Gasteiger partial charge is 0.469 e. The molecule has 0 radical (unpaired) electrons. The minimum absolute atomic E-state index is 0.0289. The number of aromatic nitrogens is 2. The molecule has 1 aromatic rings. The minimum atomic E-state index is -0.258. The molecule has 0 saturated carbocycles. The van der Waals surface area contributed by atoms with E-state index in [1.165, 1.54) is 7.11 Å². The number of piperidine rings is 1. The van der Waals surface area contributed by atoms with Gasteiger partial charge < -0.3 is 14.6 Å². The van der Waals surface area contributed by atoms with Gasteiger partial charge in [-0.3, -0.25) is 14.2 Å². The summed E-state index contributed by atoms with van der Waals surface area (Å²) in [6.07, 6.45) is 1.81. The van der Waals surface area contributed by atoms with Gasteiger partial charge in [0.1, 0.15) is 0 Å². The van der Waals surface area contributed by atoms with Crippen LogP contribution in [0.25, 0.3) is 0 Å². The molecule has 1 atom stereocenters. The first kappa shape index (κ1) is 16.3. The summed E-state index contributed by atoms with van der Waals surface area (Å²) in [5, 5.41) is 0. The first-order valence-electron chi connectivity index (χ1n) is 7.55. The van der Waals surface area contributed by atoms with Crippen molar-refractivity contribution < 1.29 is 14.3 Å². The Bertz CT molecular complexity index is 617. The summed E-state index contributed by atoms with van der Waals surface area (Å²) in [5.41, 5.74) is 1.49. The van der Waals surface area contributed by atoms with E-state index in [9.17, 15) is 14.4 Å². The van der Waals surface area contributed by atoms with E-state index in [-0.39, 0.29) is 29.9 Å². The van der Waals surface area contributed by atoms with Gasteiger partial charge in [0, 0.05) is 37.4 Å². The van der Waals surface area contributed by atoms with Gasteiger partial charge in [0.2, 0.25) is 5.91 Å². The zero-order valence-corrected chi connectivity index (χ0v) is 13.3. The van der Waals surface area contributed by atoms with Gasteiger partial charge in [-0.1, -0.05) is 0 Å². The molecule has 7 nitrogen and oxygen atoms in total. The van der Waals surface area contributed by atoms with Gasteiger partial charge in [-0.05, 0) is 26.7 Å². The van der Waals surface area contributed by atoms with Crippen molar-refractivity contribution in [3.63, 3.8) is 0 Å². The summed E-state index contributed by atoms with van der Waals surface area (Å²) < 4.78 is 6.33. The lowest BCUT2D eigenvalue weighted by Crippen LogP contribution is -2.43. The Kier molecular flexibility index (Phi) is 5.05. The average molecular weight is 309 g/mol. The van der Waals surface area contributed by atoms with Crippen LogP contribution in [0.15, 0.2) is 4.79 Å². The van der Waals surface area contributed by atoms with Crippen molar-refractivity contribution in [1.82, 2.24) is 14.5 Å². The number of imidazole rings is 1. The second kappa shape index (κ2) is 6.81. The number of rotatable bonds is 4. The monoisotopic (exact) mass is 309 g/mol. The van der Waals surface area contributed by atoms with Crippen molar-refractivity contribution in [2.45, 2.75) is 39.7 Å². The first-order valence-corrected chi connectivity index (χ1v) is 7.55. The molecule has 1 saturated heterocycles. The third-order valence-corrected chi connectivity index (χ3v) is 4.35. The van der Waals surface area contributed by atoms with Crippen molar-refractivity contribution in [2.24, 2.45) is 5.92 Å². The summed E-state index contributed by atoms with van der Waals surface area (Å²) in [7, 11) is 1.37. The van der Waals surface area contributed by atoms with Crippen LogP contribution in [0.3, 0.4) is 0 Å². The highest BCUT2D eigenvalue weighted by Crippen LogP contribution is 2.18. The number of hydrogen-bond donors (Lipinski definition) is 1. The Morgan fingerprint density at radius 3 is 2.68 bits per heavy atom. The Balaban J connectivity index is 1.94. The number of methoxy groups -OCH3 is 1. The van der Waals surface area contributed by atoms with Gasteiger partial charge in [0.15, 0.2) is 0 Å². The SMILES string of the molecule is COC(=O)C1CCCN(C(=O)CCn2c(C)c(C)[nH]c2=O)C1. The van der Waals surface area contributed by atoms with E-state index in [4.69, 9.17) is 4.74 Å². The van der Waals surface area contributed by atoms with Crippen LogP contribution in [0.5, 0.6) is 0 Å². The van der Waals surface area contributed by atoms with E-state index in [0.717, 1.165) is 24.2 Å². The maximum absolute atomic E-state index is 12.3. The van der Waals surface area contributed by atoms with Crippen LogP contribution in [0.4, 0.5) is 0 Å². The minimum Gasteiger partial charge on any atom is -0.469 e. The number of amides is 1. The van der Waals surface area contributed by atoms with Gasteiger partial charge in [0.05, 0.1) is 13.0 Å². The van der Waals surface area contributed by atoms with Crippen molar-refractivity contribution in [3.8, 4) is 0 Å². The molecule has 0 aromatic carbocycles. The molecule has 7 heteroatoms. The van der Waals surface area contributed by atoms with Crippen molar-refractivity contribution in [1.29, 1.82) is 0 Å². The standard InChI is InChI=1S/C15H23N3O4/c1-10-11(2)18(15(21)16-10)8-6-13(19)17-7-4-5-12(9-17)14(20)22-3/h12H,4-9H2,1-3H3,(H,16,21). The van der Waals surface area contributed by atoms with Crippen LogP contribution in [-0.2, 0) is 20.9 Å². The molecule has 1 amide bonds. The molecule has 1 aliphatic heterocycles. The van der Waals surface area contributed by atoms with Crippen LogP contribution in [0.2, 0.25) is 0 Å². The van der Waals surface area contributed by atoms with Gasteiger partial charge in [0.25, 0.3) is 0 Å². The summed E-state index contributed by atoms with van der Waals surface area (Å²) in [6, 6.07) is 0. The molecular weight excluding hydrogens is 286 g/mol. The predicted molar refractivity (Wildman–Crippen MR) is 80.5 cm³/mol. The number of likely N-dealkylation sites (tertiary alicyclic amines) is 1. The van der Waals surface area contributed by atoms with Crippen LogP contribution in [0, 0.1) is 19.8 Å². The summed E-state index contributed by atoms with van der Waals surface area (Å²) in [4.78, 5) is 40.1. The first-order chi connectivity index (χ1) is 10.4. The topological polar surface area (TPSA) is 84.4 Å². The second-order valence-electron chi connectivity index (χ2n) is 5.74. The third kappa shape index (κ3) is 3.40. The van der Waals surface area contributed by atoms with Crippen molar-refractivity contribution in [3.05, 3.63) is 21.9 Å². The predicted octanol–water partition coefficient (Wildman–Crippen LogP) is 0.595. The summed E-state index contributed by atoms with van der Waals surface area (Å²) >= 11 is 0. The van der Waals surface area contributed by atoms with Crippen LogP contribution >= 0.6 is 0 Å². The van der Waals surface area contributed by atoms with Crippen LogP contribution < -0.4 is 5.69 Å². The molecule has 0 bridgehead atoms. The third-order valence-electron chi connectivity index (χ3n) is 4.35. The number of esters is 1. The molecule has 1 unspecified atom stereocenters. The van der Waals surface area contributed by atoms with E-state index in [2.05, 4.69) is 4.98 Å². The molecule has 2 rings (SSSR count). The zero-order valence-electron chi connectivity index (χ0n) is 13.3. The van der Waals surface area contributed by atoms with Gasteiger partial charge in [-0.15, -0.1) is 0 Å². The maximum Gasteiger partial charge on any atom is 0.325 e. The molecule has 2 heterocycles. The Hall–Kier alpha value is -2.05. The molecule has 1 fully saturated rings. The fraction of sp³-hybridized carbons (Fsp3) is 0.667. The fourth-order valence-electron chi connectivity index (χ4n) is 2.87. The smallest absolute Gasteiger partial charge is 0.325 e. The van der Waals surface area contributed by atoms with Crippen molar-refractivity contribution >= 4 is 11.9 Å². The zero-order chi connectivity index (χ0) is 16.3. The number of hydrogen-bond acceptors (Lipinski definition) is 4. The number of nitrogens with one attached hydrogen (secondary N) is 1. The quantitative estimate of drug-likeness (QED) is 0.825. The Morgan fingerprint density at radius 1 is 1.36 bits per heavy atom. The number of nitrogens with zero attached hydrogens (tertiary/aromatic N) is 2. The molecule has 1 aliphatic rings. The molecule has 1 aromatic heterocycles. The molecule has 0 aliphatic carbocycles. The van der Waals surface area contributed by atoms with Crippen molar-refractivity contribution in [2.75, 3.05) is 20.2 Å². The summed E-state index contributed by atoms with van der Waals surface area (Å²) in [5.74, 6) is -0.522. The normalized spacial score (nSPS) is 18.3. The lowest BCUT2D eigenvalue weighted by atomic mass is 9.98. The average Bonchev–Trinajstić information content (AvgIpc) is 2.77. The highest BCUT2D eigenvalue weighted by Gasteiger charge is 2.28. The lowest BCUT2D eigenvalue weighted by molar-refractivity contribution is -0.149. The number of H-pyrrole nitrogens is 1. The number of aryl methyl sites for hydroxylation is 1.